The van der Waals surface area contributed by atoms with Crippen LogP contribution in [0.15, 0.2) is 63.0 Å². The molecule has 1 heterocycles. The second-order valence-electron chi connectivity index (χ2n) is 5.45. The molecule has 0 saturated heterocycles. The molecule has 0 radical (unpaired) electrons. The molecule has 1 aromatic heterocycles. The van der Waals surface area contributed by atoms with Crippen molar-refractivity contribution in [3.05, 3.63) is 85.1 Å². The van der Waals surface area contributed by atoms with Crippen LogP contribution in [0.1, 0.15) is 11.1 Å². The second-order valence-corrected chi connectivity index (χ2v) is 5.45. The predicted molar refractivity (Wildman–Crippen MR) is 92.3 cm³/mol. The smallest absolute Gasteiger partial charge is 0.336 e. The zero-order chi connectivity index (χ0) is 18.0. The van der Waals surface area contributed by atoms with E-state index in [2.05, 4.69) is 5.29 Å². The molecule has 8 heteroatoms. The Kier molecular flexibility index (Phi) is 4.25. The lowest BCUT2D eigenvalue weighted by Gasteiger charge is -2.16. The molecule has 2 aromatic carbocycles. The monoisotopic (exact) mass is 339 g/mol. The van der Waals surface area contributed by atoms with Crippen molar-refractivity contribution in [1.82, 2.24) is 0 Å². The van der Waals surface area contributed by atoms with Gasteiger partial charge in [-0.1, -0.05) is 18.2 Å². The van der Waals surface area contributed by atoms with Crippen molar-refractivity contribution < 1.29 is 9.34 Å². The number of benzene rings is 2. The van der Waals surface area contributed by atoms with Crippen LogP contribution in [-0.2, 0) is 6.54 Å². The SMILES string of the molecule is Cc1cc(=O)oc2cc(N(Cc3ccccc3[N+](=O)[O-])N=O)ccc12. The molecular weight excluding hydrogens is 326 g/mol. The summed E-state index contributed by atoms with van der Waals surface area (Å²) in [6, 6.07) is 12.4. The van der Waals surface area contributed by atoms with Gasteiger partial charge in [0.15, 0.2) is 0 Å². The Morgan fingerprint density at radius 2 is 1.96 bits per heavy atom. The summed E-state index contributed by atoms with van der Waals surface area (Å²) >= 11 is 0. The molecule has 3 rings (SSSR count). The molecule has 0 spiro atoms. The Hall–Kier alpha value is -3.55. The van der Waals surface area contributed by atoms with E-state index in [0.29, 0.717) is 16.8 Å². The number of hydrogen-bond donors (Lipinski definition) is 0. The number of fused-ring (bicyclic) bond motifs is 1. The fourth-order valence-corrected chi connectivity index (χ4v) is 2.63. The van der Waals surface area contributed by atoms with Crippen molar-refractivity contribution in [3.8, 4) is 0 Å². The van der Waals surface area contributed by atoms with Crippen LogP contribution < -0.4 is 10.6 Å². The number of nitro groups is 1. The van der Waals surface area contributed by atoms with Gasteiger partial charge in [-0.15, -0.1) is 4.91 Å². The lowest BCUT2D eigenvalue weighted by atomic mass is 10.1. The van der Waals surface area contributed by atoms with Crippen LogP contribution in [0.3, 0.4) is 0 Å². The van der Waals surface area contributed by atoms with E-state index in [1.165, 1.54) is 18.2 Å². The van der Waals surface area contributed by atoms with Crippen molar-refractivity contribution in [3.63, 3.8) is 0 Å². The zero-order valence-corrected chi connectivity index (χ0v) is 13.2. The minimum atomic E-state index is -0.513. The van der Waals surface area contributed by atoms with Gasteiger partial charge in [-0.3, -0.25) is 10.1 Å². The average Bonchev–Trinajstić information content (AvgIpc) is 2.59. The molecule has 3 aromatic rings. The Morgan fingerprint density at radius 1 is 1.20 bits per heavy atom. The lowest BCUT2D eigenvalue weighted by molar-refractivity contribution is -0.385. The number of anilines is 1. The van der Waals surface area contributed by atoms with Gasteiger partial charge in [0, 0.05) is 23.6 Å². The Balaban J connectivity index is 2.02. The molecule has 0 atom stereocenters. The van der Waals surface area contributed by atoms with E-state index < -0.39 is 10.5 Å². The standard InChI is InChI=1S/C17H13N3O5/c1-11-8-17(21)25-16-9-13(6-7-14(11)16)19(18-22)10-12-4-2-3-5-15(12)20(23)24/h2-9H,10H2,1H3. The van der Waals surface area contributed by atoms with Gasteiger partial charge in [-0.25, -0.2) is 9.80 Å². The Morgan fingerprint density at radius 3 is 2.68 bits per heavy atom. The molecule has 0 saturated carbocycles. The maximum Gasteiger partial charge on any atom is 0.336 e. The maximum atomic E-state index is 11.5. The number of nitroso groups, excluding NO2 is 1. The average molecular weight is 339 g/mol. The van der Waals surface area contributed by atoms with Gasteiger partial charge in [0.2, 0.25) is 0 Å². The van der Waals surface area contributed by atoms with Gasteiger partial charge in [-0.2, -0.15) is 0 Å². The molecule has 0 N–H and O–H groups in total. The molecule has 8 nitrogen and oxygen atoms in total. The molecule has 0 fully saturated rings. The minimum absolute atomic E-state index is 0.0811. The molecule has 0 bridgehead atoms. The summed E-state index contributed by atoms with van der Waals surface area (Å²) in [4.78, 5) is 33.4. The third kappa shape index (κ3) is 3.23. The topological polar surface area (TPSA) is 106 Å². The van der Waals surface area contributed by atoms with Crippen LogP contribution in [0, 0.1) is 21.9 Å². The van der Waals surface area contributed by atoms with E-state index in [1.807, 2.05) is 0 Å². The highest BCUT2D eigenvalue weighted by Gasteiger charge is 2.17. The van der Waals surface area contributed by atoms with E-state index in [4.69, 9.17) is 4.42 Å². The first kappa shape index (κ1) is 16.3. The number of hydrogen-bond acceptors (Lipinski definition) is 6. The van der Waals surface area contributed by atoms with Crippen molar-refractivity contribution in [2.75, 3.05) is 5.01 Å². The number of nitrogens with zero attached hydrogens (tertiary/aromatic N) is 3. The van der Waals surface area contributed by atoms with Crippen LogP contribution >= 0.6 is 0 Å². The van der Waals surface area contributed by atoms with E-state index >= 15 is 0 Å². The first-order valence-electron chi connectivity index (χ1n) is 7.37. The summed E-state index contributed by atoms with van der Waals surface area (Å²) < 4.78 is 5.16. The zero-order valence-electron chi connectivity index (χ0n) is 13.2. The summed E-state index contributed by atoms with van der Waals surface area (Å²) in [7, 11) is 0. The first-order chi connectivity index (χ1) is 12.0. The fraction of sp³-hybridized carbons (Fsp3) is 0.118. The van der Waals surface area contributed by atoms with E-state index in [-0.39, 0.29) is 12.2 Å². The van der Waals surface area contributed by atoms with Crippen LogP contribution in [0.5, 0.6) is 0 Å². The predicted octanol–water partition coefficient (Wildman–Crippen LogP) is 3.70. The number of aryl methyl sites for hydroxylation is 1. The summed E-state index contributed by atoms with van der Waals surface area (Å²) in [6.07, 6.45) is 0. The molecule has 0 aliphatic rings. The van der Waals surface area contributed by atoms with Crippen LogP contribution in [0.2, 0.25) is 0 Å². The van der Waals surface area contributed by atoms with Crippen LogP contribution in [-0.4, -0.2) is 4.92 Å². The summed E-state index contributed by atoms with van der Waals surface area (Å²) in [5.74, 6) is 0. The second kappa shape index (κ2) is 6.52. The normalized spacial score (nSPS) is 10.6. The summed E-state index contributed by atoms with van der Waals surface area (Å²) in [6.45, 7) is 1.70. The van der Waals surface area contributed by atoms with Crippen molar-refractivity contribution in [2.24, 2.45) is 5.29 Å². The van der Waals surface area contributed by atoms with E-state index in [0.717, 1.165) is 16.0 Å². The third-order valence-corrected chi connectivity index (χ3v) is 3.84. The highest BCUT2D eigenvalue weighted by Crippen LogP contribution is 2.27. The van der Waals surface area contributed by atoms with Gasteiger partial charge in [0.1, 0.15) is 5.58 Å². The highest BCUT2D eigenvalue weighted by molar-refractivity contribution is 5.83. The third-order valence-electron chi connectivity index (χ3n) is 3.84. The van der Waals surface area contributed by atoms with Crippen molar-refractivity contribution in [1.29, 1.82) is 0 Å². The van der Waals surface area contributed by atoms with E-state index in [9.17, 15) is 19.8 Å². The number of nitro benzene ring substituents is 1. The lowest BCUT2D eigenvalue weighted by Crippen LogP contribution is -2.15. The largest absolute Gasteiger partial charge is 0.423 e. The minimum Gasteiger partial charge on any atom is -0.423 e. The van der Waals surface area contributed by atoms with Crippen LogP contribution in [0.4, 0.5) is 11.4 Å². The number of para-hydroxylation sites is 1. The van der Waals surface area contributed by atoms with Gasteiger partial charge in [-0.05, 0) is 24.6 Å². The van der Waals surface area contributed by atoms with Crippen molar-refractivity contribution >= 4 is 22.3 Å². The summed E-state index contributed by atoms with van der Waals surface area (Å²) in [5, 5.41) is 15.9. The fourth-order valence-electron chi connectivity index (χ4n) is 2.63. The highest BCUT2D eigenvalue weighted by atomic mass is 16.6. The quantitative estimate of drug-likeness (QED) is 0.304. The molecule has 0 amide bonds. The molecule has 25 heavy (non-hydrogen) atoms. The van der Waals surface area contributed by atoms with Gasteiger partial charge in [0.05, 0.1) is 28.0 Å². The molecule has 0 unspecified atom stereocenters. The van der Waals surface area contributed by atoms with Gasteiger partial charge >= 0.3 is 5.63 Å². The first-order valence-corrected chi connectivity index (χ1v) is 7.37. The van der Waals surface area contributed by atoms with Crippen LogP contribution in [0.25, 0.3) is 11.0 Å². The molecule has 0 aliphatic heterocycles. The Labute approximate surface area is 141 Å². The number of rotatable bonds is 5. The Bertz CT molecular complexity index is 1030. The van der Waals surface area contributed by atoms with E-state index in [1.54, 1.807) is 37.3 Å². The summed E-state index contributed by atoms with van der Waals surface area (Å²) in [5.41, 5.74) is 1.19. The molecule has 0 aliphatic carbocycles. The molecule has 126 valence electrons. The maximum absolute atomic E-state index is 11.5. The van der Waals surface area contributed by atoms with Gasteiger partial charge in [0.25, 0.3) is 5.69 Å². The molecular formula is C17H13N3O5. The van der Waals surface area contributed by atoms with Crippen molar-refractivity contribution in [2.45, 2.75) is 13.5 Å². The van der Waals surface area contributed by atoms with Gasteiger partial charge < -0.3 is 4.42 Å².